The summed E-state index contributed by atoms with van der Waals surface area (Å²) in [5.41, 5.74) is 2.21. The van der Waals surface area contributed by atoms with Crippen LogP contribution in [-0.4, -0.2) is 73.0 Å². The van der Waals surface area contributed by atoms with Crippen LogP contribution in [-0.2, 0) is 0 Å². The highest BCUT2D eigenvalue weighted by molar-refractivity contribution is 6.34. The second-order valence-electron chi connectivity index (χ2n) is 9.08. The van der Waals surface area contributed by atoms with Gasteiger partial charge in [-0.3, -0.25) is 9.59 Å². The van der Waals surface area contributed by atoms with Crippen molar-refractivity contribution in [3.8, 4) is 0 Å². The predicted octanol–water partition coefficient (Wildman–Crippen LogP) is 4.70. The van der Waals surface area contributed by atoms with Crippen LogP contribution in [0.4, 0.5) is 16.2 Å². The predicted molar refractivity (Wildman–Crippen MR) is 145 cm³/mol. The Morgan fingerprint density at radius 2 is 1.69 bits per heavy atom. The highest BCUT2D eigenvalue weighted by Gasteiger charge is 2.25. The van der Waals surface area contributed by atoms with Crippen LogP contribution >= 0.6 is 11.6 Å². The van der Waals surface area contributed by atoms with E-state index in [2.05, 4.69) is 15.5 Å². The molecular formula is C27H36ClN5O3. The van der Waals surface area contributed by atoms with Crippen LogP contribution in [0.5, 0.6) is 0 Å². The van der Waals surface area contributed by atoms with E-state index in [-0.39, 0.29) is 23.9 Å². The molecule has 0 bridgehead atoms. The highest BCUT2D eigenvalue weighted by atomic mass is 35.5. The largest absolute Gasteiger partial charge is 0.369 e. The molecule has 36 heavy (non-hydrogen) atoms. The SMILES string of the molecule is CCN(CC)C(=O)c1cc(NC(=O)c2ccccc2Cl)ccc1N1CCCN(C(=O)NC(C)C)CC1. The van der Waals surface area contributed by atoms with Crippen LogP contribution in [0.2, 0.25) is 5.02 Å². The van der Waals surface area contributed by atoms with Crippen LogP contribution in [0.1, 0.15) is 54.8 Å². The van der Waals surface area contributed by atoms with E-state index >= 15 is 0 Å². The molecule has 1 aliphatic rings. The van der Waals surface area contributed by atoms with Gasteiger partial charge in [0.25, 0.3) is 11.8 Å². The summed E-state index contributed by atoms with van der Waals surface area (Å²) in [5, 5.41) is 6.20. The molecule has 8 nitrogen and oxygen atoms in total. The second kappa shape index (κ2) is 12.6. The van der Waals surface area contributed by atoms with E-state index in [1.54, 1.807) is 41.3 Å². The Bertz CT molecular complexity index is 1090. The zero-order valence-electron chi connectivity index (χ0n) is 21.5. The minimum atomic E-state index is -0.337. The standard InChI is InChI=1S/C27H36ClN5O3/c1-5-31(6-2)26(35)22-18-20(30-25(34)21-10-7-8-11-23(21)28)12-13-24(22)32-14-9-15-33(17-16-32)27(36)29-19(3)4/h7-8,10-13,18-19H,5-6,9,14-17H2,1-4H3,(H,29,36)(H,30,34). The lowest BCUT2D eigenvalue weighted by Gasteiger charge is -2.28. The number of benzene rings is 2. The number of nitrogens with zero attached hydrogens (tertiary/aromatic N) is 3. The summed E-state index contributed by atoms with van der Waals surface area (Å²) in [4.78, 5) is 44.6. The Balaban J connectivity index is 1.88. The van der Waals surface area contributed by atoms with Crippen molar-refractivity contribution in [1.82, 2.24) is 15.1 Å². The van der Waals surface area contributed by atoms with E-state index < -0.39 is 0 Å². The third kappa shape index (κ3) is 6.69. The van der Waals surface area contributed by atoms with Gasteiger partial charge in [0.15, 0.2) is 0 Å². The first-order valence-corrected chi connectivity index (χ1v) is 12.9. The number of rotatable bonds is 7. The van der Waals surface area contributed by atoms with Gasteiger partial charge in [-0.15, -0.1) is 0 Å². The Labute approximate surface area is 218 Å². The lowest BCUT2D eigenvalue weighted by molar-refractivity contribution is 0.0773. The fraction of sp³-hybridized carbons (Fsp3) is 0.444. The van der Waals surface area contributed by atoms with E-state index in [9.17, 15) is 14.4 Å². The summed E-state index contributed by atoms with van der Waals surface area (Å²) >= 11 is 6.19. The van der Waals surface area contributed by atoms with Crippen molar-refractivity contribution >= 4 is 40.8 Å². The van der Waals surface area contributed by atoms with Gasteiger partial charge in [-0.2, -0.15) is 0 Å². The van der Waals surface area contributed by atoms with E-state index in [1.807, 2.05) is 38.7 Å². The number of nitrogens with one attached hydrogen (secondary N) is 2. The topological polar surface area (TPSA) is 85.0 Å². The quantitative estimate of drug-likeness (QED) is 0.561. The van der Waals surface area contributed by atoms with E-state index in [4.69, 9.17) is 11.6 Å². The Morgan fingerprint density at radius 1 is 0.972 bits per heavy atom. The number of anilines is 2. The van der Waals surface area contributed by atoms with Gasteiger partial charge in [0, 0.05) is 56.7 Å². The third-order valence-corrected chi connectivity index (χ3v) is 6.52. The summed E-state index contributed by atoms with van der Waals surface area (Å²) in [6.07, 6.45) is 0.787. The van der Waals surface area contributed by atoms with Crippen molar-refractivity contribution in [2.24, 2.45) is 0 Å². The van der Waals surface area contributed by atoms with Crippen LogP contribution in [0, 0.1) is 0 Å². The average molecular weight is 514 g/mol. The van der Waals surface area contributed by atoms with Crippen molar-refractivity contribution in [2.45, 2.75) is 40.2 Å². The normalized spacial score (nSPS) is 13.8. The van der Waals surface area contributed by atoms with Crippen LogP contribution in [0.25, 0.3) is 0 Å². The fourth-order valence-electron chi connectivity index (χ4n) is 4.29. The number of carbonyl (C=O) groups excluding carboxylic acids is 3. The van der Waals surface area contributed by atoms with Crippen molar-refractivity contribution in [1.29, 1.82) is 0 Å². The molecule has 9 heteroatoms. The molecule has 3 rings (SSSR count). The van der Waals surface area contributed by atoms with Crippen molar-refractivity contribution < 1.29 is 14.4 Å². The molecule has 2 aromatic carbocycles. The average Bonchev–Trinajstić information content (AvgIpc) is 3.11. The summed E-state index contributed by atoms with van der Waals surface area (Å²) in [5.74, 6) is -0.432. The molecule has 0 saturated carbocycles. The van der Waals surface area contributed by atoms with Gasteiger partial charge in [-0.25, -0.2) is 4.79 Å². The highest BCUT2D eigenvalue weighted by Crippen LogP contribution is 2.28. The molecule has 0 radical (unpaired) electrons. The van der Waals surface area contributed by atoms with Gasteiger partial charge in [0.05, 0.1) is 16.1 Å². The summed E-state index contributed by atoms with van der Waals surface area (Å²) < 4.78 is 0. The van der Waals surface area contributed by atoms with Crippen molar-refractivity contribution in [2.75, 3.05) is 49.5 Å². The zero-order chi connectivity index (χ0) is 26.2. The first kappa shape index (κ1) is 27.3. The smallest absolute Gasteiger partial charge is 0.317 e. The van der Waals surface area contributed by atoms with Gasteiger partial charge in [0.1, 0.15) is 0 Å². The fourth-order valence-corrected chi connectivity index (χ4v) is 4.51. The molecule has 0 spiro atoms. The molecule has 1 heterocycles. The van der Waals surface area contributed by atoms with Gasteiger partial charge in [-0.05, 0) is 64.4 Å². The van der Waals surface area contributed by atoms with Gasteiger partial charge >= 0.3 is 6.03 Å². The Kier molecular flexibility index (Phi) is 9.58. The van der Waals surface area contributed by atoms with Crippen LogP contribution in [0.3, 0.4) is 0 Å². The number of hydrogen-bond acceptors (Lipinski definition) is 4. The lowest BCUT2D eigenvalue weighted by Crippen LogP contribution is -2.44. The molecule has 1 saturated heterocycles. The zero-order valence-corrected chi connectivity index (χ0v) is 22.3. The van der Waals surface area contributed by atoms with Crippen LogP contribution in [0.15, 0.2) is 42.5 Å². The summed E-state index contributed by atoms with van der Waals surface area (Å²) in [6.45, 7) is 11.5. The molecule has 4 amide bonds. The molecule has 1 aliphatic heterocycles. The second-order valence-corrected chi connectivity index (χ2v) is 9.48. The molecule has 0 aromatic heterocycles. The molecule has 194 valence electrons. The number of carbonyl (C=O) groups is 3. The summed E-state index contributed by atoms with van der Waals surface area (Å²) in [7, 11) is 0. The minimum Gasteiger partial charge on any atom is -0.369 e. The van der Waals surface area contributed by atoms with Crippen molar-refractivity contribution in [3.05, 3.63) is 58.6 Å². The molecule has 1 fully saturated rings. The van der Waals surface area contributed by atoms with E-state index in [0.717, 1.165) is 18.7 Å². The molecule has 0 unspecified atom stereocenters. The number of amides is 4. The Morgan fingerprint density at radius 3 is 2.36 bits per heavy atom. The summed E-state index contributed by atoms with van der Waals surface area (Å²) in [6, 6.07) is 12.3. The first-order chi connectivity index (χ1) is 17.2. The molecule has 0 aliphatic carbocycles. The molecule has 2 aromatic rings. The lowest BCUT2D eigenvalue weighted by atomic mass is 10.1. The maximum absolute atomic E-state index is 13.5. The van der Waals surface area contributed by atoms with Gasteiger partial charge in [-0.1, -0.05) is 23.7 Å². The number of halogens is 1. The first-order valence-electron chi connectivity index (χ1n) is 12.5. The molecule has 2 N–H and O–H groups in total. The van der Waals surface area contributed by atoms with E-state index in [0.29, 0.717) is 54.6 Å². The maximum atomic E-state index is 13.5. The molecule has 0 atom stereocenters. The Hall–Kier alpha value is -3.26. The number of hydrogen-bond donors (Lipinski definition) is 2. The van der Waals surface area contributed by atoms with E-state index in [1.165, 1.54) is 0 Å². The van der Waals surface area contributed by atoms with Crippen molar-refractivity contribution in [3.63, 3.8) is 0 Å². The third-order valence-electron chi connectivity index (χ3n) is 6.19. The van der Waals surface area contributed by atoms with Gasteiger partial charge in [0.2, 0.25) is 0 Å². The minimum absolute atomic E-state index is 0.0658. The van der Waals surface area contributed by atoms with Gasteiger partial charge < -0.3 is 25.3 Å². The maximum Gasteiger partial charge on any atom is 0.317 e. The number of urea groups is 1. The monoisotopic (exact) mass is 513 g/mol. The molecular weight excluding hydrogens is 478 g/mol. The van der Waals surface area contributed by atoms with Crippen LogP contribution < -0.4 is 15.5 Å².